The number of rotatable bonds is 2. The first-order chi connectivity index (χ1) is 7.44. The van der Waals surface area contributed by atoms with E-state index in [1.165, 1.54) is 0 Å². The number of halogens is 1. The van der Waals surface area contributed by atoms with Gasteiger partial charge in [0.15, 0.2) is 0 Å². The number of ether oxygens (including phenoxy) is 1. The van der Waals surface area contributed by atoms with Crippen LogP contribution in [0.3, 0.4) is 0 Å². The molecule has 1 aliphatic rings. The Bertz CT molecular complexity index is 440. The molecule has 1 aliphatic heterocycles. The summed E-state index contributed by atoms with van der Waals surface area (Å²) < 4.78 is 5.48. The maximum Gasteiger partial charge on any atom is 0.309 e. The number of carboxylic acids is 1. The van der Waals surface area contributed by atoms with Crippen molar-refractivity contribution < 1.29 is 14.6 Å². The highest BCUT2D eigenvalue weighted by molar-refractivity contribution is 6.31. The zero-order valence-electron chi connectivity index (χ0n) is 9.16. The lowest BCUT2D eigenvalue weighted by Gasteiger charge is -2.26. The molecule has 0 spiro atoms. The zero-order valence-corrected chi connectivity index (χ0v) is 9.91. The lowest BCUT2D eigenvalue weighted by Crippen LogP contribution is -2.32. The molecule has 1 heterocycles. The average Bonchev–Trinajstić information content (AvgIpc) is 2.63. The number of fused-ring (bicyclic) bond motifs is 1. The summed E-state index contributed by atoms with van der Waals surface area (Å²) in [6, 6.07) is 5.39. The van der Waals surface area contributed by atoms with Gasteiger partial charge in [0.1, 0.15) is 5.75 Å². The number of carboxylic acid groups (broad SMARTS) is 1. The Kier molecular flexibility index (Phi) is 2.58. The topological polar surface area (TPSA) is 46.5 Å². The summed E-state index contributed by atoms with van der Waals surface area (Å²) in [5, 5.41) is 9.80. The molecule has 1 aromatic rings. The van der Waals surface area contributed by atoms with Gasteiger partial charge in [-0.1, -0.05) is 17.7 Å². The van der Waals surface area contributed by atoms with E-state index in [9.17, 15) is 9.90 Å². The van der Waals surface area contributed by atoms with Gasteiger partial charge in [0.05, 0.1) is 12.0 Å². The number of aliphatic carboxylic acids is 1. The molecule has 4 heteroatoms. The first-order valence-electron chi connectivity index (χ1n) is 5.09. The first-order valence-corrected chi connectivity index (χ1v) is 5.47. The van der Waals surface area contributed by atoms with Gasteiger partial charge in [-0.15, -0.1) is 0 Å². The molecule has 0 aromatic heterocycles. The zero-order chi connectivity index (χ0) is 11.9. The third-order valence-corrected chi connectivity index (χ3v) is 3.52. The molecule has 1 atom stereocenters. The van der Waals surface area contributed by atoms with Gasteiger partial charge in [-0.3, -0.25) is 4.79 Å². The third kappa shape index (κ3) is 1.55. The van der Waals surface area contributed by atoms with Gasteiger partial charge >= 0.3 is 5.97 Å². The van der Waals surface area contributed by atoms with Gasteiger partial charge in [-0.25, -0.2) is 0 Å². The van der Waals surface area contributed by atoms with Gasteiger partial charge in [-0.05, 0) is 26.0 Å². The predicted molar refractivity (Wildman–Crippen MR) is 61.1 cm³/mol. The van der Waals surface area contributed by atoms with Crippen molar-refractivity contribution in [3.8, 4) is 5.75 Å². The SMILES string of the molecule is CC(C)(C(=O)O)C1COc2cccc(Cl)c21. The summed E-state index contributed by atoms with van der Waals surface area (Å²) in [6.45, 7) is 3.77. The van der Waals surface area contributed by atoms with E-state index in [0.29, 0.717) is 17.4 Å². The second-order valence-corrected chi connectivity index (χ2v) is 4.95. The van der Waals surface area contributed by atoms with Crippen LogP contribution in [0.1, 0.15) is 25.3 Å². The Labute approximate surface area is 99.0 Å². The third-order valence-electron chi connectivity index (χ3n) is 3.19. The Morgan fingerprint density at radius 2 is 2.25 bits per heavy atom. The van der Waals surface area contributed by atoms with Gasteiger partial charge in [0.2, 0.25) is 0 Å². The van der Waals surface area contributed by atoms with Crippen LogP contribution in [0.4, 0.5) is 0 Å². The second kappa shape index (κ2) is 3.67. The molecular formula is C12H13ClO3. The van der Waals surface area contributed by atoms with E-state index in [-0.39, 0.29) is 5.92 Å². The minimum absolute atomic E-state index is 0.200. The average molecular weight is 241 g/mol. The molecular weight excluding hydrogens is 228 g/mol. The van der Waals surface area contributed by atoms with E-state index in [1.54, 1.807) is 26.0 Å². The van der Waals surface area contributed by atoms with Gasteiger partial charge < -0.3 is 9.84 Å². The fourth-order valence-electron chi connectivity index (χ4n) is 1.96. The molecule has 0 radical (unpaired) electrons. The van der Waals surface area contributed by atoms with E-state index in [1.807, 2.05) is 6.07 Å². The smallest absolute Gasteiger partial charge is 0.309 e. The van der Waals surface area contributed by atoms with E-state index >= 15 is 0 Å². The molecule has 0 amide bonds. The highest BCUT2D eigenvalue weighted by atomic mass is 35.5. The molecule has 0 aliphatic carbocycles. The molecule has 1 unspecified atom stereocenters. The Morgan fingerprint density at radius 1 is 1.56 bits per heavy atom. The van der Waals surface area contributed by atoms with Crippen LogP contribution in [-0.4, -0.2) is 17.7 Å². The number of hydrogen-bond donors (Lipinski definition) is 1. The molecule has 0 saturated carbocycles. The van der Waals surface area contributed by atoms with E-state index in [2.05, 4.69) is 0 Å². The van der Waals surface area contributed by atoms with Gasteiger partial charge in [-0.2, -0.15) is 0 Å². The molecule has 2 rings (SSSR count). The molecule has 16 heavy (non-hydrogen) atoms. The summed E-state index contributed by atoms with van der Waals surface area (Å²) >= 11 is 6.10. The number of hydrogen-bond acceptors (Lipinski definition) is 2. The molecule has 86 valence electrons. The van der Waals surface area contributed by atoms with E-state index in [4.69, 9.17) is 16.3 Å². The fraction of sp³-hybridized carbons (Fsp3) is 0.417. The Morgan fingerprint density at radius 3 is 2.88 bits per heavy atom. The largest absolute Gasteiger partial charge is 0.493 e. The van der Waals surface area contributed by atoms with Crippen LogP contribution < -0.4 is 4.74 Å². The van der Waals surface area contributed by atoms with Crippen LogP contribution in [-0.2, 0) is 4.79 Å². The maximum atomic E-state index is 11.2. The maximum absolute atomic E-state index is 11.2. The number of benzene rings is 1. The Balaban J connectivity index is 2.48. The summed E-state index contributed by atoms with van der Waals surface area (Å²) in [5.74, 6) is -0.339. The van der Waals surface area contributed by atoms with Crippen LogP contribution in [0.15, 0.2) is 18.2 Å². The lowest BCUT2D eigenvalue weighted by molar-refractivity contribution is -0.148. The molecule has 0 saturated heterocycles. The van der Waals surface area contributed by atoms with Crippen molar-refractivity contribution in [2.45, 2.75) is 19.8 Å². The van der Waals surface area contributed by atoms with E-state index < -0.39 is 11.4 Å². The summed E-state index contributed by atoms with van der Waals surface area (Å²) in [4.78, 5) is 11.2. The van der Waals surface area contributed by atoms with Crippen LogP contribution in [0.25, 0.3) is 0 Å². The van der Waals surface area contributed by atoms with Crippen molar-refractivity contribution >= 4 is 17.6 Å². The summed E-state index contributed by atoms with van der Waals surface area (Å²) in [5.41, 5.74) is -0.0625. The van der Waals surface area contributed by atoms with Crippen molar-refractivity contribution in [2.24, 2.45) is 5.41 Å². The Hall–Kier alpha value is -1.22. The summed E-state index contributed by atoms with van der Waals surface area (Å²) in [7, 11) is 0. The summed E-state index contributed by atoms with van der Waals surface area (Å²) in [6.07, 6.45) is 0. The van der Waals surface area contributed by atoms with Gasteiger partial charge in [0, 0.05) is 16.5 Å². The van der Waals surface area contributed by atoms with Crippen LogP contribution in [0, 0.1) is 5.41 Å². The minimum Gasteiger partial charge on any atom is -0.493 e. The number of carbonyl (C=O) groups is 1. The van der Waals surface area contributed by atoms with Crippen LogP contribution in [0.2, 0.25) is 5.02 Å². The monoisotopic (exact) mass is 240 g/mol. The second-order valence-electron chi connectivity index (χ2n) is 4.54. The molecule has 1 N–H and O–H groups in total. The normalized spacial score (nSPS) is 19.1. The molecule has 0 bridgehead atoms. The highest BCUT2D eigenvalue weighted by Crippen LogP contribution is 2.47. The van der Waals surface area contributed by atoms with Gasteiger partial charge in [0.25, 0.3) is 0 Å². The van der Waals surface area contributed by atoms with E-state index in [0.717, 1.165) is 5.56 Å². The first kappa shape index (κ1) is 11.3. The quantitative estimate of drug-likeness (QED) is 0.865. The fourth-order valence-corrected chi connectivity index (χ4v) is 2.25. The standard InChI is InChI=1S/C12H13ClO3/c1-12(2,11(14)15)7-6-16-9-5-3-4-8(13)10(7)9/h3-5,7H,6H2,1-2H3,(H,14,15). The lowest BCUT2D eigenvalue weighted by atomic mass is 9.76. The van der Waals surface area contributed by atoms with Crippen LogP contribution in [0.5, 0.6) is 5.75 Å². The molecule has 3 nitrogen and oxygen atoms in total. The molecule has 0 fully saturated rings. The van der Waals surface area contributed by atoms with Crippen LogP contribution >= 0.6 is 11.6 Å². The van der Waals surface area contributed by atoms with Crippen molar-refractivity contribution in [3.63, 3.8) is 0 Å². The van der Waals surface area contributed by atoms with Crippen molar-refractivity contribution in [1.29, 1.82) is 0 Å². The molecule has 1 aromatic carbocycles. The predicted octanol–water partition coefficient (Wildman–Crippen LogP) is 2.93. The van der Waals surface area contributed by atoms with Crippen molar-refractivity contribution in [1.82, 2.24) is 0 Å². The highest BCUT2D eigenvalue weighted by Gasteiger charge is 2.43. The minimum atomic E-state index is -0.879. The van der Waals surface area contributed by atoms with Crippen molar-refractivity contribution in [2.75, 3.05) is 6.61 Å². The van der Waals surface area contributed by atoms with Crippen molar-refractivity contribution in [3.05, 3.63) is 28.8 Å².